The lowest BCUT2D eigenvalue weighted by Crippen LogP contribution is -2.04. The van der Waals surface area contributed by atoms with Gasteiger partial charge in [0.25, 0.3) is 0 Å². The summed E-state index contributed by atoms with van der Waals surface area (Å²) in [6.45, 7) is 0. The highest BCUT2D eigenvalue weighted by molar-refractivity contribution is 6.28. The Labute approximate surface area is 106 Å². The molecule has 0 fully saturated rings. The number of nitrogens with zero attached hydrogens (tertiary/aromatic N) is 3. The maximum absolute atomic E-state index is 13.4. The highest BCUT2D eigenvalue weighted by Crippen LogP contribution is 2.19. The van der Waals surface area contributed by atoms with Crippen molar-refractivity contribution >= 4 is 29.2 Å². The Kier molecular flexibility index (Phi) is 3.52. The summed E-state index contributed by atoms with van der Waals surface area (Å²) in [5.74, 6) is -1.12. The summed E-state index contributed by atoms with van der Waals surface area (Å²) in [6, 6.07) is 3.11. The first-order valence-electron chi connectivity index (χ1n) is 4.90. The van der Waals surface area contributed by atoms with Crippen LogP contribution in [0.25, 0.3) is 0 Å². The van der Waals surface area contributed by atoms with Gasteiger partial charge in [-0.2, -0.15) is 15.0 Å². The van der Waals surface area contributed by atoms with Gasteiger partial charge in [-0.3, -0.25) is 0 Å². The molecule has 2 N–H and O–H groups in total. The van der Waals surface area contributed by atoms with Crippen molar-refractivity contribution in [1.29, 1.82) is 0 Å². The Balaban J connectivity index is 2.30. The van der Waals surface area contributed by atoms with Crippen molar-refractivity contribution < 1.29 is 8.78 Å². The van der Waals surface area contributed by atoms with Crippen LogP contribution < -0.4 is 10.6 Å². The molecule has 0 saturated heterocycles. The quantitative estimate of drug-likeness (QED) is 0.898. The van der Waals surface area contributed by atoms with Gasteiger partial charge < -0.3 is 10.6 Å². The van der Waals surface area contributed by atoms with Gasteiger partial charge in [0.15, 0.2) is 0 Å². The zero-order valence-electron chi connectivity index (χ0n) is 9.21. The molecule has 1 aromatic carbocycles. The third-order valence-electron chi connectivity index (χ3n) is 2.01. The van der Waals surface area contributed by atoms with Crippen molar-refractivity contribution in [3.8, 4) is 0 Å². The van der Waals surface area contributed by atoms with Crippen LogP contribution in [0.3, 0.4) is 0 Å². The van der Waals surface area contributed by atoms with E-state index in [1.807, 2.05) is 0 Å². The van der Waals surface area contributed by atoms with E-state index >= 15 is 0 Å². The van der Waals surface area contributed by atoms with Gasteiger partial charge >= 0.3 is 0 Å². The molecule has 2 rings (SSSR count). The molecule has 0 spiro atoms. The van der Waals surface area contributed by atoms with Crippen molar-refractivity contribution in [1.82, 2.24) is 15.0 Å². The van der Waals surface area contributed by atoms with Gasteiger partial charge in [-0.25, -0.2) is 8.78 Å². The SMILES string of the molecule is CNc1nc(Cl)nc(Nc2ccc(F)cc2F)n1. The third-order valence-corrected chi connectivity index (χ3v) is 2.18. The highest BCUT2D eigenvalue weighted by Gasteiger charge is 2.08. The fraction of sp³-hybridized carbons (Fsp3) is 0.100. The van der Waals surface area contributed by atoms with Gasteiger partial charge in [0.05, 0.1) is 5.69 Å². The number of anilines is 3. The van der Waals surface area contributed by atoms with Crippen LogP contribution in [0, 0.1) is 11.6 Å². The summed E-state index contributed by atoms with van der Waals surface area (Å²) < 4.78 is 26.1. The molecule has 0 aliphatic rings. The number of benzene rings is 1. The van der Waals surface area contributed by atoms with Crippen molar-refractivity contribution in [3.05, 3.63) is 35.1 Å². The topological polar surface area (TPSA) is 62.7 Å². The van der Waals surface area contributed by atoms with Crippen LogP contribution in [0.15, 0.2) is 18.2 Å². The predicted octanol–water partition coefficient (Wildman–Crippen LogP) is 2.59. The molecule has 0 bridgehead atoms. The van der Waals surface area contributed by atoms with Crippen LogP contribution >= 0.6 is 11.6 Å². The molecule has 0 unspecified atom stereocenters. The predicted molar refractivity (Wildman–Crippen MR) is 64.0 cm³/mol. The van der Waals surface area contributed by atoms with E-state index in [0.29, 0.717) is 0 Å². The molecule has 2 aromatic rings. The van der Waals surface area contributed by atoms with Gasteiger partial charge in [-0.05, 0) is 23.7 Å². The number of hydrogen-bond donors (Lipinski definition) is 2. The van der Waals surface area contributed by atoms with E-state index in [0.717, 1.165) is 12.1 Å². The second-order valence-electron chi connectivity index (χ2n) is 3.25. The third kappa shape index (κ3) is 2.80. The minimum Gasteiger partial charge on any atom is -0.357 e. The maximum atomic E-state index is 13.4. The van der Waals surface area contributed by atoms with Crippen molar-refractivity contribution in [3.63, 3.8) is 0 Å². The molecular formula is C10H8ClF2N5. The molecule has 0 saturated carbocycles. The Morgan fingerprint density at radius 3 is 2.50 bits per heavy atom. The summed E-state index contributed by atoms with van der Waals surface area (Å²) in [7, 11) is 1.61. The molecule has 8 heteroatoms. The Morgan fingerprint density at radius 2 is 1.83 bits per heavy atom. The van der Waals surface area contributed by atoms with Crippen LogP contribution in [0.5, 0.6) is 0 Å². The normalized spacial score (nSPS) is 10.2. The lowest BCUT2D eigenvalue weighted by Gasteiger charge is -2.07. The van der Waals surface area contributed by atoms with Gasteiger partial charge in [0.2, 0.25) is 17.2 Å². The smallest absolute Gasteiger partial charge is 0.233 e. The standard InChI is InChI=1S/C10H8ClF2N5/c1-14-9-16-8(11)17-10(18-9)15-7-3-2-5(12)4-6(7)13/h2-4H,1H3,(H2,14,15,16,17,18). The molecule has 0 aliphatic heterocycles. The van der Waals surface area contributed by atoms with Crippen LogP contribution in [-0.2, 0) is 0 Å². The van der Waals surface area contributed by atoms with E-state index in [4.69, 9.17) is 11.6 Å². The Morgan fingerprint density at radius 1 is 1.11 bits per heavy atom. The van der Waals surface area contributed by atoms with Crippen LogP contribution in [0.1, 0.15) is 0 Å². The van der Waals surface area contributed by atoms with Crippen molar-refractivity contribution in [2.24, 2.45) is 0 Å². The summed E-state index contributed by atoms with van der Waals surface area (Å²) in [6.07, 6.45) is 0. The summed E-state index contributed by atoms with van der Waals surface area (Å²) in [4.78, 5) is 11.5. The van der Waals surface area contributed by atoms with E-state index in [-0.39, 0.29) is 22.9 Å². The van der Waals surface area contributed by atoms with Gasteiger partial charge in [-0.1, -0.05) is 0 Å². The molecule has 0 atom stereocenters. The van der Waals surface area contributed by atoms with E-state index in [9.17, 15) is 8.78 Å². The lowest BCUT2D eigenvalue weighted by molar-refractivity contribution is 0.586. The van der Waals surface area contributed by atoms with Crippen molar-refractivity contribution in [2.75, 3.05) is 17.7 Å². The second-order valence-corrected chi connectivity index (χ2v) is 3.59. The average molecular weight is 272 g/mol. The first kappa shape index (κ1) is 12.4. The maximum Gasteiger partial charge on any atom is 0.233 e. The van der Waals surface area contributed by atoms with Crippen LogP contribution in [-0.4, -0.2) is 22.0 Å². The first-order valence-corrected chi connectivity index (χ1v) is 5.27. The van der Waals surface area contributed by atoms with E-state index in [1.165, 1.54) is 6.07 Å². The molecule has 0 radical (unpaired) electrons. The number of nitrogens with one attached hydrogen (secondary N) is 2. The zero-order chi connectivity index (χ0) is 13.1. The Bertz CT molecular complexity index is 578. The number of halogens is 3. The minimum absolute atomic E-state index is 0.0423. The minimum atomic E-state index is -0.752. The number of aromatic nitrogens is 3. The molecule has 1 heterocycles. The lowest BCUT2D eigenvalue weighted by atomic mass is 10.3. The van der Waals surface area contributed by atoms with Crippen LogP contribution in [0.2, 0.25) is 5.28 Å². The molecule has 94 valence electrons. The monoisotopic (exact) mass is 271 g/mol. The van der Waals surface area contributed by atoms with E-state index < -0.39 is 11.6 Å². The molecule has 0 aliphatic carbocycles. The number of hydrogen-bond acceptors (Lipinski definition) is 5. The fourth-order valence-corrected chi connectivity index (χ4v) is 1.39. The van der Waals surface area contributed by atoms with Gasteiger partial charge in [-0.15, -0.1) is 0 Å². The highest BCUT2D eigenvalue weighted by atomic mass is 35.5. The fourth-order valence-electron chi connectivity index (χ4n) is 1.23. The molecule has 0 amide bonds. The first-order chi connectivity index (χ1) is 8.58. The molecule has 1 aromatic heterocycles. The van der Waals surface area contributed by atoms with E-state index in [1.54, 1.807) is 7.05 Å². The molecule has 5 nitrogen and oxygen atoms in total. The summed E-state index contributed by atoms with van der Waals surface area (Å²) in [5, 5.41) is 5.22. The Hall–Kier alpha value is -2.02. The summed E-state index contributed by atoms with van der Waals surface area (Å²) in [5.41, 5.74) is 0.0423. The van der Waals surface area contributed by atoms with Crippen molar-refractivity contribution in [2.45, 2.75) is 0 Å². The number of rotatable bonds is 3. The molecular weight excluding hydrogens is 264 g/mol. The van der Waals surface area contributed by atoms with Gasteiger partial charge in [0, 0.05) is 13.1 Å². The summed E-state index contributed by atoms with van der Waals surface area (Å²) >= 11 is 5.66. The second kappa shape index (κ2) is 5.09. The molecule has 18 heavy (non-hydrogen) atoms. The average Bonchev–Trinajstić information content (AvgIpc) is 2.32. The largest absolute Gasteiger partial charge is 0.357 e. The van der Waals surface area contributed by atoms with Crippen LogP contribution in [0.4, 0.5) is 26.4 Å². The van der Waals surface area contributed by atoms with E-state index in [2.05, 4.69) is 25.6 Å². The van der Waals surface area contributed by atoms with Gasteiger partial charge in [0.1, 0.15) is 11.6 Å². The zero-order valence-corrected chi connectivity index (χ0v) is 9.96.